The summed E-state index contributed by atoms with van der Waals surface area (Å²) in [6.07, 6.45) is 3.49. The summed E-state index contributed by atoms with van der Waals surface area (Å²) < 4.78 is 5.47. The van der Waals surface area contributed by atoms with Gasteiger partial charge in [-0.1, -0.05) is 30.3 Å². The molecule has 0 spiro atoms. The fraction of sp³-hybridized carbons (Fsp3) is 0.636. The van der Waals surface area contributed by atoms with Crippen molar-refractivity contribution >= 4 is 11.8 Å². The second-order valence-corrected chi connectivity index (χ2v) is 8.56. The predicted octanol–water partition coefficient (Wildman–Crippen LogP) is 2.59. The number of ether oxygens (including phenoxy) is 1. The zero-order chi connectivity index (χ0) is 19.2. The first-order valence-corrected chi connectivity index (χ1v) is 10.2. The molecule has 1 saturated carbocycles. The van der Waals surface area contributed by atoms with Crippen LogP contribution < -0.4 is 0 Å². The quantitative estimate of drug-likeness (QED) is 0.749. The summed E-state index contributed by atoms with van der Waals surface area (Å²) in [5.41, 5.74) is 0.881. The van der Waals surface area contributed by atoms with Crippen LogP contribution in [0.25, 0.3) is 0 Å². The van der Waals surface area contributed by atoms with Gasteiger partial charge >= 0.3 is 0 Å². The van der Waals surface area contributed by atoms with E-state index < -0.39 is 0 Å². The third-order valence-electron chi connectivity index (χ3n) is 6.74. The van der Waals surface area contributed by atoms with Crippen molar-refractivity contribution in [3.63, 3.8) is 0 Å². The Hall–Kier alpha value is -1.88. The van der Waals surface area contributed by atoms with Crippen LogP contribution in [0.5, 0.6) is 0 Å². The van der Waals surface area contributed by atoms with Crippen molar-refractivity contribution in [3.05, 3.63) is 35.9 Å². The number of hydrogen-bond acceptors (Lipinski definition) is 3. The van der Waals surface area contributed by atoms with Gasteiger partial charge in [-0.15, -0.1) is 0 Å². The SMILES string of the molecule is CO[C@H]1C(=O)N(C(C)C)[C@H]1C1CCN(C(=O)C2(c3ccccc3)CC2)CC1. The molecule has 2 heterocycles. The maximum atomic E-state index is 13.2. The third-order valence-corrected chi connectivity index (χ3v) is 6.74. The van der Waals surface area contributed by atoms with Crippen LogP contribution in [0.2, 0.25) is 0 Å². The van der Waals surface area contributed by atoms with Crippen LogP contribution in [0, 0.1) is 5.92 Å². The maximum absolute atomic E-state index is 13.2. The van der Waals surface area contributed by atoms with E-state index in [9.17, 15) is 9.59 Å². The van der Waals surface area contributed by atoms with Gasteiger partial charge in [0.1, 0.15) is 0 Å². The van der Waals surface area contributed by atoms with Crippen LogP contribution >= 0.6 is 0 Å². The van der Waals surface area contributed by atoms with E-state index in [0.717, 1.165) is 44.3 Å². The van der Waals surface area contributed by atoms with E-state index in [1.54, 1.807) is 7.11 Å². The van der Waals surface area contributed by atoms with Crippen molar-refractivity contribution in [1.29, 1.82) is 0 Å². The Morgan fingerprint density at radius 2 is 1.78 bits per heavy atom. The van der Waals surface area contributed by atoms with E-state index in [-0.39, 0.29) is 29.5 Å². The van der Waals surface area contributed by atoms with Gasteiger partial charge in [0.05, 0.1) is 11.5 Å². The number of benzene rings is 1. The van der Waals surface area contributed by atoms with Crippen LogP contribution in [-0.4, -0.2) is 60.0 Å². The largest absolute Gasteiger partial charge is 0.369 e. The fourth-order valence-electron chi connectivity index (χ4n) is 5.07. The topological polar surface area (TPSA) is 49.9 Å². The molecule has 2 amide bonds. The minimum atomic E-state index is -0.307. The zero-order valence-corrected chi connectivity index (χ0v) is 16.6. The molecule has 0 bridgehead atoms. The second-order valence-electron chi connectivity index (χ2n) is 8.56. The maximum Gasteiger partial charge on any atom is 0.254 e. The first-order valence-electron chi connectivity index (χ1n) is 10.2. The smallest absolute Gasteiger partial charge is 0.254 e. The Morgan fingerprint density at radius 1 is 1.15 bits per heavy atom. The van der Waals surface area contributed by atoms with Gasteiger partial charge in [-0.2, -0.15) is 0 Å². The number of carbonyl (C=O) groups is 2. The minimum Gasteiger partial charge on any atom is -0.369 e. The summed E-state index contributed by atoms with van der Waals surface area (Å²) in [4.78, 5) is 29.5. The lowest BCUT2D eigenvalue weighted by Crippen LogP contribution is -2.70. The van der Waals surface area contributed by atoms with Crippen molar-refractivity contribution in [2.24, 2.45) is 5.92 Å². The Kier molecular flexibility index (Phi) is 4.75. The molecule has 2 atom stereocenters. The van der Waals surface area contributed by atoms with Gasteiger partial charge in [0.2, 0.25) is 5.91 Å². The van der Waals surface area contributed by atoms with E-state index in [0.29, 0.717) is 11.8 Å². The van der Waals surface area contributed by atoms with Gasteiger partial charge in [0.25, 0.3) is 5.91 Å². The number of rotatable bonds is 5. The molecule has 4 rings (SSSR count). The standard InChI is InChI=1S/C22H30N2O3/c1-15(2)24-18(19(27-3)20(24)25)16-9-13-23(14-10-16)21(26)22(11-12-22)17-7-5-4-6-8-17/h4-8,15-16,18-19H,9-14H2,1-3H3/t18-,19+/m0/s1. The van der Waals surface area contributed by atoms with Crippen molar-refractivity contribution in [1.82, 2.24) is 9.80 Å². The predicted molar refractivity (Wildman–Crippen MR) is 103 cm³/mol. The van der Waals surface area contributed by atoms with E-state index in [1.807, 2.05) is 23.1 Å². The average Bonchev–Trinajstić information content (AvgIpc) is 3.48. The molecular formula is C22H30N2O3. The van der Waals surface area contributed by atoms with Crippen molar-refractivity contribution in [2.75, 3.05) is 20.2 Å². The third kappa shape index (κ3) is 2.96. The van der Waals surface area contributed by atoms with Crippen molar-refractivity contribution in [2.45, 2.75) is 63.1 Å². The molecule has 0 unspecified atom stereocenters. The molecular weight excluding hydrogens is 340 g/mol. The van der Waals surface area contributed by atoms with Crippen LogP contribution in [-0.2, 0) is 19.7 Å². The van der Waals surface area contributed by atoms with Gasteiger partial charge in [0, 0.05) is 26.2 Å². The normalized spacial score (nSPS) is 27.6. The first-order chi connectivity index (χ1) is 13.0. The van der Waals surface area contributed by atoms with Gasteiger partial charge in [-0.3, -0.25) is 9.59 Å². The van der Waals surface area contributed by atoms with Crippen LogP contribution in [0.1, 0.15) is 45.1 Å². The van der Waals surface area contributed by atoms with Crippen molar-refractivity contribution < 1.29 is 14.3 Å². The Bertz CT molecular complexity index is 706. The fourth-order valence-corrected chi connectivity index (χ4v) is 5.07. The van der Waals surface area contributed by atoms with E-state index >= 15 is 0 Å². The number of amides is 2. The summed E-state index contributed by atoms with van der Waals surface area (Å²) in [6, 6.07) is 10.6. The molecule has 27 heavy (non-hydrogen) atoms. The van der Waals surface area contributed by atoms with E-state index in [4.69, 9.17) is 4.74 Å². The Labute approximate surface area is 161 Å². The lowest BCUT2D eigenvalue weighted by atomic mass is 9.78. The second kappa shape index (κ2) is 6.93. The summed E-state index contributed by atoms with van der Waals surface area (Å²) in [5, 5.41) is 0. The molecule has 1 aromatic carbocycles. The molecule has 5 heteroatoms. The number of nitrogens with zero attached hydrogens (tertiary/aromatic N) is 2. The highest BCUT2D eigenvalue weighted by Crippen LogP contribution is 2.50. The highest BCUT2D eigenvalue weighted by molar-refractivity contribution is 5.91. The van der Waals surface area contributed by atoms with Gasteiger partial charge in [0.15, 0.2) is 6.10 Å². The summed E-state index contributed by atoms with van der Waals surface area (Å²) in [6.45, 7) is 5.69. The molecule has 2 aliphatic heterocycles. The summed E-state index contributed by atoms with van der Waals surface area (Å²) in [5.74, 6) is 0.809. The summed E-state index contributed by atoms with van der Waals surface area (Å²) in [7, 11) is 1.63. The highest BCUT2D eigenvalue weighted by Gasteiger charge is 2.55. The van der Waals surface area contributed by atoms with Gasteiger partial charge in [-0.25, -0.2) is 0 Å². The lowest BCUT2D eigenvalue weighted by molar-refractivity contribution is -0.182. The zero-order valence-electron chi connectivity index (χ0n) is 16.6. The molecule has 1 aromatic rings. The van der Waals surface area contributed by atoms with Crippen LogP contribution in [0.15, 0.2) is 30.3 Å². The molecule has 0 N–H and O–H groups in total. The molecule has 3 aliphatic rings. The number of β-lactam (4-membered cyclic amide) rings is 1. The monoisotopic (exact) mass is 370 g/mol. The van der Waals surface area contributed by atoms with Gasteiger partial charge in [-0.05, 0) is 51.0 Å². The lowest BCUT2D eigenvalue weighted by Gasteiger charge is -2.53. The number of hydrogen-bond donors (Lipinski definition) is 0. The summed E-state index contributed by atoms with van der Waals surface area (Å²) >= 11 is 0. The molecule has 0 aromatic heterocycles. The number of likely N-dealkylation sites (tertiary alicyclic amines) is 2. The van der Waals surface area contributed by atoms with Crippen LogP contribution in [0.4, 0.5) is 0 Å². The highest BCUT2D eigenvalue weighted by atomic mass is 16.5. The van der Waals surface area contributed by atoms with E-state index in [2.05, 4.69) is 30.9 Å². The number of methoxy groups -OCH3 is 1. The number of piperidine rings is 1. The van der Waals surface area contributed by atoms with Crippen molar-refractivity contribution in [3.8, 4) is 0 Å². The Morgan fingerprint density at radius 3 is 2.30 bits per heavy atom. The van der Waals surface area contributed by atoms with Gasteiger partial charge < -0.3 is 14.5 Å². The molecule has 2 saturated heterocycles. The molecule has 5 nitrogen and oxygen atoms in total. The molecule has 1 aliphatic carbocycles. The van der Waals surface area contributed by atoms with Crippen LogP contribution in [0.3, 0.4) is 0 Å². The minimum absolute atomic E-state index is 0.108. The number of carbonyl (C=O) groups excluding carboxylic acids is 2. The molecule has 3 fully saturated rings. The molecule has 0 radical (unpaired) electrons. The molecule has 146 valence electrons. The average molecular weight is 370 g/mol. The first kappa shape index (κ1) is 18.5. The van der Waals surface area contributed by atoms with E-state index in [1.165, 1.54) is 0 Å². The Balaban J connectivity index is 1.41.